The van der Waals surface area contributed by atoms with Crippen LogP contribution in [0.3, 0.4) is 0 Å². The molecule has 5 heteroatoms. The van der Waals surface area contributed by atoms with Crippen LogP contribution in [-0.4, -0.2) is 40.7 Å². The van der Waals surface area contributed by atoms with Crippen molar-refractivity contribution in [2.24, 2.45) is 0 Å². The second kappa shape index (κ2) is 5.16. The van der Waals surface area contributed by atoms with Crippen LogP contribution >= 0.6 is 0 Å². The number of carboxylic acid groups (broad SMARTS) is 1. The predicted molar refractivity (Wildman–Crippen MR) is 58.9 cm³/mol. The normalized spacial score (nSPS) is 9.62. The average molecular weight is 222 g/mol. The first kappa shape index (κ1) is 12.0. The molecule has 1 rings (SSSR count). The number of carbonyl (C=O) groups excluding carboxylic acids is 1. The average Bonchev–Trinajstić information content (AvgIpc) is 2.30. The molecular weight excluding hydrogens is 208 g/mol. The van der Waals surface area contributed by atoms with E-state index in [1.165, 1.54) is 7.05 Å². The lowest BCUT2D eigenvalue weighted by molar-refractivity contribution is 0.0143. The number of hydrogen-bond donors (Lipinski definition) is 1. The Labute approximate surface area is 93.9 Å². The summed E-state index contributed by atoms with van der Waals surface area (Å²) in [4.78, 5) is 22.7. The van der Waals surface area contributed by atoms with Crippen LogP contribution in [0.1, 0.15) is 17.3 Å². The smallest absolute Gasteiger partial charge is 0.426 e. The van der Waals surface area contributed by atoms with E-state index in [0.29, 0.717) is 12.1 Å². The molecule has 86 valence electrons. The first-order valence-electron chi connectivity index (χ1n) is 4.91. The molecule has 0 unspecified atom stereocenters. The second-order valence-corrected chi connectivity index (χ2v) is 3.19. The Bertz CT molecular complexity index is 378. The van der Waals surface area contributed by atoms with Crippen molar-refractivity contribution >= 4 is 12.0 Å². The van der Waals surface area contributed by atoms with Gasteiger partial charge in [0.2, 0.25) is 0 Å². The molecule has 0 saturated carbocycles. The van der Waals surface area contributed by atoms with Crippen LogP contribution in [0, 0.1) is 0 Å². The SMILES string of the molecule is CCN(C(=O)c1ccccc1)N(C)C(=O)O. The Kier molecular flexibility index (Phi) is 3.88. The summed E-state index contributed by atoms with van der Waals surface area (Å²) in [7, 11) is 1.34. The Morgan fingerprint density at radius 3 is 2.25 bits per heavy atom. The largest absolute Gasteiger partial charge is 0.464 e. The highest BCUT2D eigenvalue weighted by Crippen LogP contribution is 2.06. The monoisotopic (exact) mass is 222 g/mol. The summed E-state index contributed by atoms with van der Waals surface area (Å²) in [5.41, 5.74) is 0.470. The molecule has 0 heterocycles. The lowest BCUT2D eigenvalue weighted by Crippen LogP contribution is -2.46. The van der Waals surface area contributed by atoms with Crippen molar-refractivity contribution in [3.8, 4) is 0 Å². The Morgan fingerprint density at radius 2 is 1.81 bits per heavy atom. The fraction of sp³-hybridized carbons (Fsp3) is 0.273. The van der Waals surface area contributed by atoms with Crippen molar-refractivity contribution in [3.05, 3.63) is 35.9 Å². The van der Waals surface area contributed by atoms with E-state index in [0.717, 1.165) is 10.0 Å². The van der Waals surface area contributed by atoms with Crippen LogP contribution in [0.2, 0.25) is 0 Å². The second-order valence-electron chi connectivity index (χ2n) is 3.19. The molecule has 0 aliphatic carbocycles. The Balaban J connectivity index is 2.90. The van der Waals surface area contributed by atoms with Crippen LogP contribution in [0.4, 0.5) is 4.79 Å². The molecule has 0 spiro atoms. The predicted octanol–water partition coefficient (Wildman–Crippen LogP) is 1.67. The molecule has 0 fully saturated rings. The van der Waals surface area contributed by atoms with Gasteiger partial charge in [0.25, 0.3) is 5.91 Å². The molecule has 5 nitrogen and oxygen atoms in total. The van der Waals surface area contributed by atoms with Crippen LogP contribution in [0.25, 0.3) is 0 Å². The number of rotatable bonds is 2. The number of hydrazine groups is 1. The maximum atomic E-state index is 11.9. The van der Waals surface area contributed by atoms with Gasteiger partial charge in [0, 0.05) is 19.2 Å². The van der Waals surface area contributed by atoms with Crippen molar-refractivity contribution in [2.45, 2.75) is 6.92 Å². The topological polar surface area (TPSA) is 60.9 Å². The van der Waals surface area contributed by atoms with Crippen molar-refractivity contribution in [2.75, 3.05) is 13.6 Å². The summed E-state index contributed by atoms with van der Waals surface area (Å²) >= 11 is 0. The third-order valence-electron chi connectivity index (χ3n) is 2.19. The molecule has 0 bridgehead atoms. The summed E-state index contributed by atoms with van der Waals surface area (Å²) < 4.78 is 0. The first-order chi connectivity index (χ1) is 7.57. The lowest BCUT2D eigenvalue weighted by atomic mass is 10.2. The van der Waals surface area contributed by atoms with Crippen molar-refractivity contribution < 1.29 is 14.7 Å². The molecule has 0 aromatic heterocycles. The number of benzene rings is 1. The lowest BCUT2D eigenvalue weighted by Gasteiger charge is -2.28. The van der Waals surface area contributed by atoms with Gasteiger partial charge in [-0.25, -0.2) is 14.8 Å². The highest BCUT2D eigenvalue weighted by molar-refractivity contribution is 5.94. The summed E-state index contributed by atoms with van der Waals surface area (Å²) in [5.74, 6) is -0.326. The number of carbonyl (C=O) groups is 2. The molecule has 0 atom stereocenters. The molecule has 0 saturated heterocycles. The van der Waals surface area contributed by atoms with Crippen LogP contribution < -0.4 is 0 Å². The fourth-order valence-electron chi connectivity index (χ4n) is 1.32. The minimum absolute atomic E-state index is 0.302. The third-order valence-corrected chi connectivity index (χ3v) is 2.19. The van der Waals surface area contributed by atoms with Gasteiger partial charge in [-0.05, 0) is 19.1 Å². The fourth-order valence-corrected chi connectivity index (χ4v) is 1.32. The molecule has 0 radical (unpaired) electrons. The molecule has 0 aliphatic heterocycles. The maximum Gasteiger partial charge on any atom is 0.426 e. The minimum atomic E-state index is -1.16. The molecule has 0 aliphatic rings. The highest BCUT2D eigenvalue weighted by Gasteiger charge is 2.21. The first-order valence-corrected chi connectivity index (χ1v) is 4.91. The minimum Gasteiger partial charge on any atom is -0.464 e. The van der Waals surface area contributed by atoms with E-state index in [1.807, 2.05) is 0 Å². The maximum absolute atomic E-state index is 11.9. The van der Waals surface area contributed by atoms with Gasteiger partial charge in [0.1, 0.15) is 0 Å². The zero-order valence-corrected chi connectivity index (χ0v) is 9.25. The van der Waals surface area contributed by atoms with Gasteiger partial charge < -0.3 is 5.11 Å². The standard InChI is InChI=1S/C11H14N2O3/c1-3-13(12(2)11(15)16)10(14)9-7-5-4-6-8-9/h4-8H,3H2,1-2H3,(H,15,16). The van der Waals surface area contributed by atoms with Crippen molar-refractivity contribution in [3.63, 3.8) is 0 Å². The Hall–Kier alpha value is -2.04. The zero-order valence-electron chi connectivity index (χ0n) is 9.25. The summed E-state index contributed by atoms with van der Waals surface area (Å²) in [5, 5.41) is 10.9. The van der Waals surface area contributed by atoms with Gasteiger partial charge in [-0.2, -0.15) is 0 Å². The van der Waals surface area contributed by atoms with Crippen LogP contribution in [-0.2, 0) is 0 Å². The van der Waals surface area contributed by atoms with Gasteiger partial charge in [-0.15, -0.1) is 0 Å². The summed E-state index contributed by atoms with van der Waals surface area (Å²) in [6.07, 6.45) is -1.16. The van der Waals surface area contributed by atoms with Crippen molar-refractivity contribution in [1.82, 2.24) is 10.0 Å². The zero-order chi connectivity index (χ0) is 12.1. The third kappa shape index (κ3) is 2.50. The van der Waals surface area contributed by atoms with E-state index >= 15 is 0 Å². The van der Waals surface area contributed by atoms with E-state index in [-0.39, 0.29) is 5.91 Å². The van der Waals surface area contributed by atoms with E-state index in [9.17, 15) is 9.59 Å². The van der Waals surface area contributed by atoms with Crippen LogP contribution in [0.15, 0.2) is 30.3 Å². The van der Waals surface area contributed by atoms with E-state index < -0.39 is 6.09 Å². The molecule has 2 amide bonds. The number of hydrogen-bond acceptors (Lipinski definition) is 2. The van der Waals surface area contributed by atoms with Gasteiger partial charge in [0.05, 0.1) is 0 Å². The molecular formula is C11H14N2O3. The van der Waals surface area contributed by atoms with E-state index in [4.69, 9.17) is 5.11 Å². The van der Waals surface area contributed by atoms with Crippen molar-refractivity contribution in [1.29, 1.82) is 0 Å². The van der Waals surface area contributed by atoms with E-state index in [1.54, 1.807) is 37.3 Å². The Morgan fingerprint density at radius 1 is 1.25 bits per heavy atom. The van der Waals surface area contributed by atoms with Gasteiger partial charge in [0.15, 0.2) is 0 Å². The van der Waals surface area contributed by atoms with Crippen LogP contribution in [0.5, 0.6) is 0 Å². The number of nitrogens with zero attached hydrogens (tertiary/aromatic N) is 2. The molecule has 16 heavy (non-hydrogen) atoms. The van der Waals surface area contributed by atoms with Gasteiger partial charge in [-0.1, -0.05) is 18.2 Å². The summed E-state index contributed by atoms with van der Waals surface area (Å²) in [6, 6.07) is 8.58. The van der Waals surface area contributed by atoms with Gasteiger partial charge in [-0.3, -0.25) is 4.79 Å². The number of amides is 2. The van der Waals surface area contributed by atoms with Gasteiger partial charge >= 0.3 is 6.09 Å². The quantitative estimate of drug-likeness (QED) is 0.774. The molecule has 1 N–H and O–H groups in total. The van der Waals surface area contributed by atoms with E-state index in [2.05, 4.69) is 0 Å². The summed E-state index contributed by atoms with van der Waals surface area (Å²) in [6.45, 7) is 2.02. The highest BCUT2D eigenvalue weighted by atomic mass is 16.4. The molecule has 1 aromatic carbocycles. The molecule has 1 aromatic rings.